The Hall–Kier alpha value is -2.76. The van der Waals surface area contributed by atoms with Gasteiger partial charge in [0.25, 0.3) is 5.91 Å². The average molecular weight is 305 g/mol. The summed E-state index contributed by atoms with van der Waals surface area (Å²) in [7, 11) is 0. The topological polar surface area (TPSA) is 55.4 Å². The quantitative estimate of drug-likeness (QED) is 0.863. The fraction of sp³-hybridized carbons (Fsp3) is 0.125. The number of hydrogen-bond acceptors (Lipinski definition) is 3. The highest BCUT2D eigenvalue weighted by Gasteiger charge is 2.15. The van der Waals surface area contributed by atoms with E-state index in [1.54, 1.807) is 24.3 Å². The molecule has 0 fully saturated rings. The standard InChI is InChI=1S/C16H13F2NO3/c1-10(22-13-5-2-11(9-20)3-6-13)16(21)19-12-4-7-14(17)15(18)8-12/h2-10H,1H3,(H,19,21). The lowest BCUT2D eigenvalue weighted by Gasteiger charge is -2.15. The van der Waals surface area contributed by atoms with Gasteiger partial charge in [0.05, 0.1) is 0 Å². The molecular formula is C16H13F2NO3. The molecule has 0 bridgehead atoms. The molecule has 2 aromatic rings. The SMILES string of the molecule is CC(Oc1ccc(C=O)cc1)C(=O)Nc1ccc(F)c(F)c1. The van der Waals surface area contributed by atoms with Crippen molar-refractivity contribution in [3.63, 3.8) is 0 Å². The number of benzene rings is 2. The molecule has 0 aromatic heterocycles. The zero-order valence-electron chi connectivity index (χ0n) is 11.7. The summed E-state index contributed by atoms with van der Waals surface area (Å²) < 4.78 is 31.3. The lowest BCUT2D eigenvalue weighted by atomic mass is 10.2. The summed E-state index contributed by atoms with van der Waals surface area (Å²) in [6.07, 6.45) is -0.154. The number of nitrogens with one attached hydrogen (secondary N) is 1. The molecular weight excluding hydrogens is 292 g/mol. The molecule has 0 saturated carbocycles. The number of hydrogen-bond donors (Lipinski definition) is 1. The van der Waals surface area contributed by atoms with Crippen molar-refractivity contribution < 1.29 is 23.1 Å². The highest BCUT2D eigenvalue weighted by molar-refractivity contribution is 5.94. The van der Waals surface area contributed by atoms with Crippen LogP contribution in [0.25, 0.3) is 0 Å². The van der Waals surface area contributed by atoms with Crippen molar-refractivity contribution in [1.29, 1.82) is 0 Å². The fourth-order valence-corrected chi connectivity index (χ4v) is 1.70. The molecule has 1 unspecified atom stereocenters. The summed E-state index contributed by atoms with van der Waals surface area (Å²) in [6, 6.07) is 9.30. The van der Waals surface area contributed by atoms with Crippen LogP contribution in [0.4, 0.5) is 14.5 Å². The van der Waals surface area contributed by atoms with Gasteiger partial charge in [-0.1, -0.05) is 0 Å². The summed E-state index contributed by atoms with van der Waals surface area (Å²) in [5, 5.41) is 2.43. The van der Waals surface area contributed by atoms with Crippen molar-refractivity contribution in [2.24, 2.45) is 0 Å². The molecule has 0 aliphatic heterocycles. The third-order valence-electron chi connectivity index (χ3n) is 2.89. The Kier molecular flexibility index (Phi) is 4.83. The van der Waals surface area contributed by atoms with Gasteiger partial charge in [-0.15, -0.1) is 0 Å². The van der Waals surface area contributed by atoms with Crippen molar-refractivity contribution >= 4 is 17.9 Å². The smallest absolute Gasteiger partial charge is 0.265 e. The molecule has 0 saturated heterocycles. The number of carbonyl (C=O) groups excluding carboxylic acids is 2. The molecule has 0 aliphatic carbocycles. The molecule has 4 nitrogen and oxygen atoms in total. The minimum Gasteiger partial charge on any atom is -0.481 e. The predicted octanol–water partition coefficient (Wildman–Crippen LogP) is 3.18. The Balaban J connectivity index is 1.98. The first-order valence-corrected chi connectivity index (χ1v) is 6.47. The van der Waals surface area contributed by atoms with Crippen molar-refractivity contribution in [2.45, 2.75) is 13.0 Å². The van der Waals surface area contributed by atoms with Crippen LogP contribution in [0.2, 0.25) is 0 Å². The third kappa shape index (κ3) is 3.88. The summed E-state index contributed by atoms with van der Waals surface area (Å²) in [6.45, 7) is 1.52. The Morgan fingerprint density at radius 2 is 1.82 bits per heavy atom. The molecule has 2 rings (SSSR count). The maximum atomic E-state index is 13.1. The number of aldehydes is 1. The molecule has 0 heterocycles. The van der Waals surface area contributed by atoms with Crippen molar-refractivity contribution in [1.82, 2.24) is 0 Å². The van der Waals surface area contributed by atoms with E-state index < -0.39 is 23.6 Å². The van der Waals surface area contributed by atoms with E-state index in [0.29, 0.717) is 17.6 Å². The third-order valence-corrected chi connectivity index (χ3v) is 2.89. The van der Waals surface area contributed by atoms with E-state index in [0.717, 1.165) is 12.1 Å². The molecule has 0 radical (unpaired) electrons. The van der Waals surface area contributed by atoms with Crippen LogP contribution in [-0.2, 0) is 4.79 Å². The van der Waals surface area contributed by atoms with Crippen LogP contribution < -0.4 is 10.1 Å². The fourth-order valence-electron chi connectivity index (χ4n) is 1.70. The first-order valence-electron chi connectivity index (χ1n) is 6.47. The number of carbonyl (C=O) groups is 2. The van der Waals surface area contributed by atoms with E-state index in [2.05, 4.69) is 5.32 Å². The van der Waals surface area contributed by atoms with Crippen LogP contribution in [0.3, 0.4) is 0 Å². The zero-order valence-corrected chi connectivity index (χ0v) is 11.7. The molecule has 1 atom stereocenters. The zero-order chi connectivity index (χ0) is 16.1. The second-order valence-electron chi connectivity index (χ2n) is 4.57. The summed E-state index contributed by atoms with van der Waals surface area (Å²) >= 11 is 0. The number of rotatable bonds is 5. The minimum absolute atomic E-state index is 0.135. The lowest BCUT2D eigenvalue weighted by Crippen LogP contribution is -2.30. The summed E-state index contributed by atoms with van der Waals surface area (Å²) in [5.74, 6) is -2.13. The largest absolute Gasteiger partial charge is 0.481 e. The Labute approximate surface area is 125 Å². The van der Waals surface area contributed by atoms with E-state index in [4.69, 9.17) is 4.74 Å². The van der Waals surface area contributed by atoms with E-state index in [1.807, 2.05) is 0 Å². The number of halogens is 2. The molecule has 0 spiro atoms. The number of anilines is 1. The normalized spacial score (nSPS) is 11.6. The second kappa shape index (κ2) is 6.80. The Morgan fingerprint density at radius 3 is 2.41 bits per heavy atom. The molecule has 114 valence electrons. The molecule has 6 heteroatoms. The predicted molar refractivity (Wildman–Crippen MR) is 76.9 cm³/mol. The van der Waals surface area contributed by atoms with E-state index in [9.17, 15) is 18.4 Å². The molecule has 2 aromatic carbocycles. The molecule has 1 amide bonds. The summed E-state index contributed by atoms with van der Waals surface area (Å²) in [4.78, 5) is 22.5. The molecule has 22 heavy (non-hydrogen) atoms. The van der Waals surface area contributed by atoms with Crippen LogP contribution >= 0.6 is 0 Å². The molecule has 0 aliphatic rings. The van der Waals surface area contributed by atoms with E-state index >= 15 is 0 Å². The highest BCUT2D eigenvalue weighted by atomic mass is 19.2. The van der Waals surface area contributed by atoms with Crippen LogP contribution in [0.1, 0.15) is 17.3 Å². The van der Waals surface area contributed by atoms with Gasteiger partial charge >= 0.3 is 0 Å². The second-order valence-corrected chi connectivity index (χ2v) is 4.57. The maximum absolute atomic E-state index is 13.1. The van der Waals surface area contributed by atoms with Crippen molar-refractivity contribution in [2.75, 3.05) is 5.32 Å². The van der Waals surface area contributed by atoms with Gasteiger partial charge in [0, 0.05) is 17.3 Å². The lowest BCUT2D eigenvalue weighted by molar-refractivity contribution is -0.122. The number of ether oxygens (including phenoxy) is 1. The van der Waals surface area contributed by atoms with Gasteiger partial charge in [-0.3, -0.25) is 9.59 Å². The van der Waals surface area contributed by atoms with Gasteiger partial charge in [0.1, 0.15) is 12.0 Å². The van der Waals surface area contributed by atoms with Gasteiger partial charge in [-0.05, 0) is 43.3 Å². The van der Waals surface area contributed by atoms with Gasteiger partial charge in [-0.2, -0.15) is 0 Å². The van der Waals surface area contributed by atoms with Gasteiger partial charge in [-0.25, -0.2) is 8.78 Å². The first kappa shape index (κ1) is 15.6. The van der Waals surface area contributed by atoms with Crippen LogP contribution in [-0.4, -0.2) is 18.3 Å². The monoisotopic (exact) mass is 305 g/mol. The Bertz CT molecular complexity index is 686. The summed E-state index contributed by atoms with van der Waals surface area (Å²) in [5.41, 5.74) is 0.627. The van der Waals surface area contributed by atoms with Gasteiger partial charge < -0.3 is 10.1 Å². The highest BCUT2D eigenvalue weighted by Crippen LogP contribution is 2.16. The minimum atomic E-state index is -1.05. The molecule has 1 N–H and O–H groups in total. The Morgan fingerprint density at radius 1 is 1.14 bits per heavy atom. The van der Waals surface area contributed by atoms with Crippen LogP contribution in [0.5, 0.6) is 5.75 Å². The van der Waals surface area contributed by atoms with Crippen LogP contribution in [0, 0.1) is 11.6 Å². The number of amides is 1. The average Bonchev–Trinajstić information content (AvgIpc) is 2.51. The van der Waals surface area contributed by atoms with Crippen LogP contribution in [0.15, 0.2) is 42.5 Å². The van der Waals surface area contributed by atoms with Crippen molar-refractivity contribution in [3.8, 4) is 5.75 Å². The van der Waals surface area contributed by atoms with Gasteiger partial charge in [0.15, 0.2) is 17.7 Å². The van der Waals surface area contributed by atoms with Gasteiger partial charge in [0.2, 0.25) is 0 Å². The van der Waals surface area contributed by atoms with E-state index in [-0.39, 0.29) is 5.69 Å². The van der Waals surface area contributed by atoms with E-state index in [1.165, 1.54) is 13.0 Å². The van der Waals surface area contributed by atoms with Crippen molar-refractivity contribution in [3.05, 3.63) is 59.7 Å². The first-order chi connectivity index (χ1) is 10.5. The maximum Gasteiger partial charge on any atom is 0.265 e.